The maximum Gasteiger partial charge on any atom is 0.230 e. The van der Waals surface area contributed by atoms with E-state index in [0.717, 1.165) is 32.5 Å². The zero-order chi connectivity index (χ0) is 19.1. The standard InChI is InChI=1S/C18H20ClFN4O2S/c1-10(25)24-8-13(9-24)23-4-2-3-11(7-23)17(26)22-18-21-16-14(19)5-12(20)6-15(16)27-18/h5-6,11,13H,2-4,7-9H2,1H3,(H,21,22,26). The highest BCUT2D eigenvalue weighted by Crippen LogP contribution is 2.32. The van der Waals surface area contributed by atoms with Gasteiger partial charge in [0, 0.05) is 32.6 Å². The van der Waals surface area contributed by atoms with E-state index in [1.165, 1.54) is 23.5 Å². The molecule has 144 valence electrons. The molecule has 0 aliphatic carbocycles. The molecule has 6 nitrogen and oxygen atoms in total. The van der Waals surface area contributed by atoms with E-state index in [9.17, 15) is 14.0 Å². The van der Waals surface area contributed by atoms with Crippen LogP contribution < -0.4 is 5.32 Å². The largest absolute Gasteiger partial charge is 0.340 e. The lowest BCUT2D eigenvalue weighted by atomic mass is 9.94. The molecule has 2 amide bonds. The van der Waals surface area contributed by atoms with Crippen LogP contribution in [0.15, 0.2) is 12.1 Å². The van der Waals surface area contributed by atoms with Crippen molar-refractivity contribution >= 4 is 50.1 Å². The number of nitrogens with zero attached hydrogens (tertiary/aromatic N) is 3. The second-order valence-corrected chi connectivity index (χ2v) is 8.59. The third-order valence-electron chi connectivity index (χ3n) is 5.29. The number of hydrogen-bond acceptors (Lipinski definition) is 5. The second-order valence-electron chi connectivity index (χ2n) is 7.15. The van der Waals surface area contributed by atoms with Crippen molar-refractivity contribution in [1.29, 1.82) is 0 Å². The Kier molecular flexibility index (Phi) is 5.05. The molecule has 2 aromatic rings. The number of likely N-dealkylation sites (tertiary alicyclic amines) is 2. The summed E-state index contributed by atoms with van der Waals surface area (Å²) < 4.78 is 14.1. The fourth-order valence-corrected chi connectivity index (χ4v) is 4.94. The van der Waals surface area contributed by atoms with Crippen molar-refractivity contribution in [3.05, 3.63) is 23.0 Å². The fourth-order valence-electron chi connectivity index (χ4n) is 3.71. The Labute approximate surface area is 165 Å². The van der Waals surface area contributed by atoms with E-state index in [0.29, 0.717) is 27.9 Å². The number of nitrogens with one attached hydrogen (secondary N) is 1. The van der Waals surface area contributed by atoms with Crippen LogP contribution in [-0.2, 0) is 9.59 Å². The Morgan fingerprint density at radius 3 is 2.85 bits per heavy atom. The van der Waals surface area contributed by atoms with Gasteiger partial charge >= 0.3 is 0 Å². The topological polar surface area (TPSA) is 65.5 Å². The van der Waals surface area contributed by atoms with Gasteiger partial charge in [0.25, 0.3) is 0 Å². The number of halogens is 2. The van der Waals surface area contributed by atoms with E-state index < -0.39 is 5.82 Å². The number of fused-ring (bicyclic) bond motifs is 1. The Bertz CT molecular complexity index is 899. The summed E-state index contributed by atoms with van der Waals surface area (Å²) in [7, 11) is 0. The van der Waals surface area contributed by atoms with E-state index in [1.807, 2.05) is 4.90 Å². The number of amides is 2. The molecular formula is C18H20ClFN4O2S. The van der Waals surface area contributed by atoms with Crippen molar-refractivity contribution < 1.29 is 14.0 Å². The molecule has 2 aliphatic heterocycles. The van der Waals surface area contributed by atoms with Crippen LogP contribution in [0, 0.1) is 11.7 Å². The van der Waals surface area contributed by atoms with Crippen LogP contribution in [0.3, 0.4) is 0 Å². The first-order valence-corrected chi connectivity index (χ1v) is 10.2. The van der Waals surface area contributed by atoms with Gasteiger partial charge in [-0.3, -0.25) is 14.5 Å². The summed E-state index contributed by atoms with van der Waals surface area (Å²) in [6.45, 7) is 4.70. The number of aromatic nitrogens is 1. The average molecular weight is 411 g/mol. The highest BCUT2D eigenvalue weighted by Gasteiger charge is 2.37. The zero-order valence-corrected chi connectivity index (χ0v) is 16.4. The first-order valence-electron chi connectivity index (χ1n) is 8.96. The van der Waals surface area contributed by atoms with Crippen LogP contribution in [0.4, 0.5) is 9.52 Å². The van der Waals surface area contributed by atoms with Gasteiger partial charge in [0.1, 0.15) is 11.3 Å². The summed E-state index contributed by atoms with van der Waals surface area (Å²) in [6.07, 6.45) is 1.78. The van der Waals surface area contributed by atoms with Crippen LogP contribution in [0.25, 0.3) is 10.2 Å². The molecule has 3 heterocycles. The lowest BCUT2D eigenvalue weighted by molar-refractivity contribution is -0.137. The molecule has 1 aromatic carbocycles. The molecule has 0 saturated carbocycles. The SMILES string of the molecule is CC(=O)N1CC(N2CCCC(C(=O)Nc3nc4c(Cl)cc(F)cc4s3)C2)C1. The molecule has 0 spiro atoms. The fraction of sp³-hybridized carbons (Fsp3) is 0.500. The highest BCUT2D eigenvalue weighted by molar-refractivity contribution is 7.22. The molecule has 2 saturated heterocycles. The van der Waals surface area contributed by atoms with Crippen LogP contribution in [0.1, 0.15) is 19.8 Å². The van der Waals surface area contributed by atoms with Gasteiger partial charge in [0.05, 0.1) is 15.6 Å². The highest BCUT2D eigenvalue weighted by atomic mass is 35.5. The molecule has 2 fully saturated rings. The Balaban J connectivity index is 1.39. The van der Waals surface area contributed by atoms with E-state index in [2.05, 4.69) is 15.2 Å². The Morgan fingerprint density at radius 1 is 1.33 bits per heavy atom. The Hall–Kier alpha value is -1.77. The lowest BCUT2D eigenvalue weighted by Crippen LogP contribution is -2.62. The third-order valence-corrected chi connectivity index (χ3v) is 6.50. The molecule has 27 heavy (non-hydrogen) atoms. The van der Waals surface area contributed by atoms with Crippen molar-refractivity contribution in [2.45, 2.75) is 25.8 Å². The molecule has 1 N–H and O–H groups in total. The lowest BCUT2D eigenvalue weighted by Gasteiger charge is -2.47. The number of benzene rings is 1. The smallest absolute Gasteiger partial charge is 0.230 e. The molecule has 1 aromatic heterocycles. The molecule has 1 atom stereocenters. The minimum Gasteiger partial charge on any atom is -0.340 e. The summed E-state index contributed by atoms with van der Waals surface area (Å²) in [5.74, 6) is -0.511. The molecule has 0 radical (unpaired) electrons. The maximum absolute atomic E-state index is 13.5. The molecule has 1 unspecified atom stereocenters. The first-order chi connectivity index (χ1) is 12.9. The molecular weight excluding hydrogens is 391 g/mol. The number of rotatable bonds is 3. The van der Waals surface area contributed by atoms with Gasteiger partial charge in [-0.2, -0.15) is 0 Å². The van der Waals surface area contributed by atoms with Gasteiger partial charge in [-0.05, 0) is 31.5 Å². The third kappa shape index (κ3) is 3.79. The minimum atomic E-state index is -0.419. The van der Waals surface area contributed by atoms with Gasteiger partial charge in [0.15, 0.2) is 5.13 Å². The minimum absolute atomic E-state index is 0.0712. The number of carbonyl (C=O) groups is 2. The van der Waals surface area contributed by atoms with Crippen molar-refractivity contribution in [3.8, 4) is 0 Å². The molecule has 0 bridgehead atoms. The van der Waals surface area contributed by atoms with Crippen molar-refractivity contribution in [3.63, 3.8) is 0 Å². The van der Waals surface area contributed by atoms with E-state index in [1.54, 1.807) is 6.92 Å². The van der Waals surface area contributed by atoms with Crippen molar-refractivity contribution in [2.24, 2.45) is 5.92 Å². The quantitative estimate of drug-likeness (QED) is 0.844. The average Bonchev–Trinajstić information content (AvgIpc) is 2.96. The zero-order valence-electron chi connectivity index (χ0n) is 14.9. The van der Waals surface area contributed by atoms with Gasteiger partial charge in [-0.15, -0.1) is 0 Å². The van der Waals surface area contributed by atoms with Crippen LogP contribution in [0.5, 0.6) is 0 Å². The van der Waals surface area contributed by atoms with Gasteiger partial charge in [-0.1, -0.05) is 22.9 Å². The molecule has 9 heteroatoms. The summed E-state index contributed by atoms with van der Waals surface area (Å²) in [4.78, 5) is 32.5. The summed E-state index contributed by atoms with van der Waals surface area (Å²) in [5.41, 5.74) is 0.502. The van der Waals surface area contributed by atoms with Gasteiger partial charge in [-0.25, -0.2) is 9.37 Å². The van der Waals surface area contributed by atoms with Crippen molar-refractivity contribution in [2.75, 3.05) is 31.5 Å². The van der Waals surface area contributed by atoms with Crippen LogP contribution in [0.2, 0.25) is 5.02 Å². The van der Waals surface area contributed by atoms with Crippen LogP contribution >= 0.6 is 22.9 Å². The van der Waals surface area contributed by atoms with E-state index >= 15 is 0 Å². The molecule has 2 aliphatic rings. The number of piperidine rings is 1. The predicted molar refractivity (Wildman–Crippen MR) is 104 cm³/mol. The van der Waals surface area contributed by atoms with Gasteiger partial charge in [0.2, 0.25) is 11.8 Å². The number of carbonyl (C=O) groups excluding carboxylic acids is 2. The maximum atomic E-state index is 13.5. The predicted octanol–water partition coefficient (Wildman–Crippen LogP) is 2.97. The van der Waals surface area contributed by atoms with E-state index in [-0.39, 0.29) is 22.8 Å². The summed E-state index contributed by atoms with van der Waals surface area (Å²) >= 11 is 7.25. The summed E-state index contributed by atoms with van der Waals surface area (Å²) in [5, 5.41) is 3.54. The number of anilines is 1. The van der Waals surface area contributed by atoms with Crippen molar-refractivity contribution in [1.82, 2.24) is 14.8 Å². The second kappa shape index (κ2) is 7.33. The van der Waals surface area contributed by atoms with Gasteiger partial charge < -0.3 is 10.2 Å². The number of thiazole rings is 1. The first kappa shape index (κ1) is 18.6. The van der Waals surface area contributed by atoms with E-state index in [4.69, 9.17) is 11.6 Å². The van der Waals surface area contributed by atoms with Crippen LogP contribution in [-0.4, -0.2) is 58.8 Å². The Morgan fingerprint density at radius 2 is 2.11 bits per heavy atom. The number of hydrogen-bond donors (Lipinski definition) is 1. The normalized spacial score (nSPS) is 21.3. The monoisotopic (exact) mass is 410 g/mol. The summed E-state index contributed by atoms with van der Waals surface area (Å²) in [6, 6.07) is 2.93. The molecule has 4 rings (SSSR count).